The fourth-order valence-electron chi connectivity index (χ4n) is 2.64. The van der Waals surface area contributed by atoms with E-state index >= 15 is 0 Å². The molecular formula is C21H26N4O4. The maximum atomic E-state index is 12.1. The molecule has 0 heterocycles. The molecule has 0 fully saturated rings. The first-order chi connectivity index (χ1) is 14.1. The predicted molar refractivity (Wildman–Crippen MR) is 111 cm³/mol. The number of benzene rings is 2. The van der Waals surface area contributed by atoms with Crippen molar-refractivity contribution in [3.8, 4) is 0 Å². The van der Waals surface area contributed by atoms with Gasteiger partial charge < -0.3 is 16.0 Å². The van der Waals surface area contributed by atoms with E-state index in [-0.39, 0.29) is 17.8 Å². The van der Waals surface area contributed by atoms with E-state index < -0.39 is 0 Å². The van der Waals surface area contributed by atoms with Crippen molar-refractivity contribution in [1.82, 2.24) is 10.8 Å². The smallest absolute Gasteiger partial charge is 0.323 e. The zero-order chi connectivity index (χ0) is 20.9. The Morgan fingerprint density at radius 1 is 0.759 bits per heavy atom. The quantitative estimate of drug-likeness (QED) is 0.239. The first-order valence-electron chi connectivity index (χ1n) is 9.53. The van der Waals surface area contributed by atoms with Gasteiger partial charge in [-0.2, -0.15) is 0 Å². The molecular weight excluding hydrogens is 372 g/mol. The number of hydrogen-bond donors (Lipinski definition) is 5. The SMILES string of the molecule is O=C(CCCCCCNC(=O)c1ccc(NC(=O)Nc2ccccc2)cc1)NO. The Bertz CT molecular complexity index is 794. The van der Waals surface area contributed by atoms with E-state index in [9.17, 15) is 14.4 Å². The third-order valence-corrected chi connectivity index (χ3v) is 4.18. The van der Waals surface area contributed by atoms with Crippen molar-refractivity contribution in [3.05, 3.63) is 60.2 Å². The van der Waals surface area contributed by atoms with Crippen molar-refractivity contribution >= 4 is 29.2 Å². The average molecular weight is 398 g/mol. The number of anilines is 2. The zero-order valence-electron chi connectivity index (χ0n) is 16.1. The van der Waals surface area contributed by atoms with Crippen LogP contribution in [0.3, 0.4) is 0 Å². The number of para-hydroxylation sites is 1. The number of unbranched alkanes of at least 4 members (excludes halogenated alkanes) is 3. The van der Waals surface area contributed by atoms with Gasteiger partial charge in [0.2, 0.25) is 5.91 Å². The lowest BCUT2D eigenvalue weighted by molar-refractivity contribution is -0.129. The van der Waals surface area contributed by atoms with Crippen LogP contribution in [-0.2, 0) is 4.79 Å². The van der Waals surface area contributed by atoms with Gasteiger partial charge in [0.15, 0.2) is 0 Å². The third kappa shape index (κ3) is 8.44. The van der Waals surface area contributed by atoms with Crippen LogP contribution in [0.25, 0.3) is 0 Å². The summed E-state index contributed by atoms with van der Waals surface area (Å²) < 4.78 is 0. The van der Waals surface area contributed by atoms with Gasteiger partial charge in [0.25, 0.3) is 5.91 Å². The molecule has 0 aromatic heterocycles. The molecule has 0 bridgehead atoms. The second-order valence-electron chi connectivity index (χ2n) is 6.48. The first-order valence-corrected chi connectivity index (χ1v) is 9.53. The van der Waals surface area contributed by atoms with Crippen LogP contribution in [0, 0.1) is 0 Å². The zero-order valence-corrected chi connectivity index (χ0v) is 16.1. The van der Waals surface area contributed by atoms with E-state index in [0.29, 0.717) is 36.3 Å². The summed E-state index contributed by atoms with van der Waals surface area (Å²) in [4.78, 5) is 35.0. The topological polar surface area (TPSA) is 120 Å². The van der Waals surface area contributed by atoms with Crippen molar-refractivity contribution in [1.29, 1.82) is 0 Å². The van der Waals surface area contributed by atoms with Gasteiger partial charge >= 0.3 is 6.03 Å². The molecule has 0 spiro atoms. The molecule has 0 aliphatic rings. The van der Waals surface area contributed by atoms with E-state index in [4.69, 9.17) is 5.21 Å². The number of rotatable bonds is 10. The molecule has 0 saturated carbocycles. The number of urea groups is 1. The van der Waals surface area contributed by atoms with E-state index in [0.717, 1.165) is 19.3 Å². The van der Waals surface area contributed by atoms with Gasteiger partial charge in [-0.15, -0.1) is 0 Å². The number of carbonyl (C=O) groups excluding carboxylic acids is 3. The number of hydroxylamine groups is 1. The molecule has 8 nitrogen and oxygen atoms in total. The minimum atomic E-state index is -0.381. The monoisotopic (exact) mass is 398 g/mol. The normalized spacial score (nSPS) is 10.1. The Labute approximate surface area is 169 Å². The van der Waals surface area contributed by atoms with Crippen LogP contribution in [0.15, 0.2) is 54.6 Å². The highest BCUT2D eigenvalue weighted by atomic mass is 16.5. The van der Waals surface area contributed by atoms with E-state index in [2.05, 4.69) is 16.0 Å². The van der Waals surface area contributed by atoms with Gasteiger partial charge in [-0.3, -0.25) is 14.8 Å². The average Bonchev–Trinajstić information content (AvgIpc) is 2.73. The summed E-state index contributed by atoms with van der Waals surface area (Å²) in [6.45, 7) is 0.546. The van der Waals surface area contributed by atoms with Crippen LogP contribution < -0.4 is 21.4 Å². The van der Waals surface area contributed by atoms with Crippen molar-refractivity contribution in [2.75, 3.05) is 17.2 Å². The number of carbonyl (C=O) groups is 3. The van der Waals surface area contributed by atoms with Crippen molar-refractivity contribution in [3.63, 3.8) is 0 Å². The van der Waals surface area contributed by atoms with E-state index in [1.165, 1.54) is 0 Å². The Hall–Kier alpha value is -3.39. The highest BCUT2D eigenvalue weighted by Crippen LogP contribution is 2.11. The highest BCUT2D eigenvalue weighted by Gasteiger charge is 2.07. The molecule has 2 aromatic rings. The fourth-order valence-corrected chi connectivity index (χ4v) is 2.64. The lowest BCUT2D eigenvalue weighted by Crippen LogP contribution is -2.24. The lowest BCUT2D eigenvalue weighted by Gasteiger charge is -2.09. The van der Waals surface area contributed by atoms with Crippen LogP contribution in [0.4, 0.5) is 16.2 Å². The molecule has 154 valence electrons. The molecule has 0 radical (unpaired) electrons. The Morgan fingerprint density at radius 3 is 2.03 bits per heavy atom. The standard InChI is InChI=1S/C21H26N4O4/c26-19(25-29)10-6-1-2-7-15-22-20(27)16-11-13-18(14-12-16)24-21(28)23-17-8-4-3-5-9-17/h3-5,8-9,11-14,29H,1-2,6-7,10,15H2,(H,22,27)(H,25,26)(H2,23,24,28). The van der Waals surface area contributed by atoms with Gasteiger partial charge in [0, 0.05) is 29.9 Å². The van der Waals surface area contributed by atoms with Gasteiger partial charge in [0.1, 0.15) is 0 Å². The second kappa shape index (κ2) is 12.1. The van der Waals surface area contributed by atoms with Crippen molar-refractivity contribution in [2.45, 2.75) is 32.1 Å². The van der Waals surface area contributed by atoms with Crippen LogP contribution in [0.5, 0.6) is 0 Å². The Kier molecular flexibility index (Phi) is 9.17. The minimum absolute atomic E-state index is 0.176. The molecule has 4 amide bonds. The lowest BCUT2D eigenvalue weighted by atomic mass is 10.1. The molecule has 0 aliphatic heterocycles. The molecule has 0 unspecified atom stereocenters. The fraction of sp³-hybridized carbons (Fsp3) is 0.286. The molecule has 29 heavy (non-hydrogen) atoms. The van der Waals surface area contributed by atoms with Crippen molar-refractivity contribution in [2.24, 2.45) is 0 Å². The molecule has 8 heteroatoms. The van der Waals surface area contributed by atoms with Gasteiger partial charge in [-0.25, -0.2) is 10.3 Å². The molecule has 0 aliphatic carbocycles. The minimum Gasteiger partial charge on any atom is -0.352 e. The molecule has 2 aromatic carbocycles. The largest absolute Gasteiger partial charge is 0.352 e. The first kappa shape index (κ1) is 21.9. The summed E-state index contributed by atoms with van der Waals surface area (Å²) in [5.74, 6) is -0.557. The predicted octanol–water partition coefficient (Wildman–Crippen LogP) is 3.52. The molecule has 0 atom stereocenters. The summed E-state index contributed by atoms with van der Waals surface area (Å²) in [5.41, 5.74) is 3.39. The molecule has 2 rings (SSSR count). The number of hydrogen-bond acceptors (Lipinski definition) is 4. The van der Waals surface area contributed by atoms with Gasteiger partial charge in [-0.05, 0) is 49.2 Å². The van der Waals surface area contributed by atoms with E-state index in [1.807, 2.05) is 18.2 Å². The molecule has 5 N–H and O–H groups in total. The number of amides is 4. The summed E-state index contributed by atoms with van der Waals surface area (Å²) in [6, 6.07) is 15.4. The van der Waals surface area contributed by atoms with Crippen LogP contribution in [0.2, 0.25) is 0 Å². The summed E-state index contributed by atoms with van der Waals surface area (Å²) in [6.07, 6.45) is 3.55. The summed E-state index contributed by atoms with van der Waals surface area (Å²) in [5, 5.41) is 16.7. The number of nitrogens with one attached hydrogen (secondary N) is 4. The van der Waals surface area contributed by atoms with Crippen LogP contribution in [-0.4, -0.2) is 29.6 Å². The van der Waals surface area contributed by atoms with E-state index in [1.54, 1.807) is 41.9 Å². The Balaban J connectivity index is 1.66. The van der Waals surface area contributed by atoms with Crippen molar-refractivity contribution < 1.29 is 19.6 Å². The van der Waals surface area contributed by atoms with Crippen LogP contribution in [0.1, 0.15) is 42.5 Å². The van der Waals surface area contributed by atoms with Gasteiger partial charge in [-0.1, -0.05) is 31.0 Å². The Morgan fingerprint density at radius 2 is 1.38 bits per heavy atom. The van der Waals surface area contributed by atoms with Crippen LogP contribution >= 0.6 is 0 Å². The molecule has 0 saturated heterocycles. The third-order valence-electron chi connectivity index (χ3n) is 4.18. The van der Waals surface area contributed by atoms with Gasteiger partial charge in [0.05, 0.1) is 0 Å². The second-order valence-corrected chi connectivity index (χ2v) is 6.48. The highest BCUT2D eigenvalue weighted by molar-refractivity contribution is 6.00. The summed E-state index contributed by atoms with van der Waals surface area (Å²) >= 11 is 0. The summed E-state index contributed by atoms with van der Waals surface area (Å²) in [7, 11) is 0. The maximum Gasteiger partial charge on any atom is 0.323 e. The maximum absolute atomic E-state index is 12.1.